The molecular weight excluding hydrogens is 404 g/mol. The van der Waals surface area contributed by atoms with Crippen LogP contribution in [0.2, 0.25) is 5.02 Å². The number of nitrogens with zero attached hydrogens (tertiary/aromatic N) is 1. The smallest absolute Gasteiger partial charge is 0.244 e. The molecule has 2 fully saturated rings. The van der Waals surface area contributed by atoms with E-state index in [2.05, 4.69) is 41.4 Å². The zero-order valence-electron chi connectivity index (χ0n) is 18.4. The van der Waals surface area contributed by atoms with Gasteiger partial charge >= 0.3 is 0 Å². The first-order valence-corrected chi connectivity index (χ1v) is 12.0. The number of aryl methyl sites for hydroxylation is 1. The molecule has 1 N–H and O–H groups in total. The molecule has 1 aliphatic heterocycles. The van der Waals surface area contributed by atoms with Gasteiger partial charge in [0.2, 0.25) is 5.91 Å². The van der Waals surface area contributed by atoms with Crippen molar-refractivity contribution in [3.05, 3.63) is 76.3 Å². The molecule has 1 aliphatic carbocycles. The molecule has 0 spiro atoms. The van der Waals surface area contributed by atoms with Crippen LogP contribution >= 0.6 is 11.6 Å². The van der Waals surface area contributed by atoms with Gasteiger partial charge in [-0.1, -0.05) is 48.0 Å². The van der Waals surface area contributed by atoms with Crippen molar-refractivity contribution in [1.82, 2.24) is 10.2 Å². The second-order valence-corrected chi connectivity index (χ2v) is 9.51. The summed E-state index contributed by atoms with van der Waals surface area (Å²) in [6, 6.07) is 17.4. The largest absolute Gasteiger partial charge is 0.350 e. The number of hydrogen-bond donors (Lipinski definition) is 1. The number of carbonyl (C=O) groups excluding carboxylic acids is 1. The standard InChI is InChI=1S/C27H33ClN2O/c1-20-5-2-3-8-26(20)22-15-17-30(18-16-22)25-12-10-24(11-13-25)29-27(31)14-9-21-6-4-7-23(28)19-21/h2-9,14,19,22,24-25H,10-13,15-18H2,1H3,(H,29,31)/b14-9+. The second kappa shape index (κ2) is 10.5. The fourth-order valence-corrected chi connectivity index (χ4v) is 5.44. The van der Waals surface area contributed by atoms with E-state index < -0.39 is 0 Å². The van der Waals surface area contributed by atoms with E-state index in [-0.39, 0.29) is 11.9 Å². The molecule has 3 nitrogen and oxygen atoms in total. The highest BCUT2D eigenvalue weighted by atomic mass is 35.5. The van der Waals surface area contributed by atoms with Crippen molar-refractivity contribution in [3.8, 4) is 0 Å². The second-order valence-electron chi connectivity index (χ2n) is 9.07. The van der Waals surface area contributed by atoms with Crippen LogP contribution in [0.3, 0.4) is 0 Å². The molecule has 2 aromatic carbocycles. The number of carbonyl (C=O) groups is 1. The van der Waals surface area contributed by atoms with Crippen LogP contribution in [0.1, 0.15) is 61.1 Å². The minimum atomic E-state index is -0.0116. The number of hydrogen-bond acceptors (Lipinski definition) is 2. The van der Waals surface area contributed by atoms with E-state index in [4.69, 9.17) is 11.6 Å². The molecule has 0 bridgehead atoms. The maximum atomic E-state index is 12.3. The maximum absolute atomic E-state index is 12.3. The predicted molar refractivity (Wildman–Crippen MR) is 129 cm³/mol. The third-order valence-electron chi connectivity index (χ3n) is 6.99. The third kappa shape index (κ3) is 5.99. The number of piperidine rings is 1. The number of benzene rings is 2. The Morgan fingerprint density at radius 3 is 2.45 bits per heavy atom. The molecule has 4 rings (SSSR count). The molecule has 0 atom stereocenters. The Bertz CT molecular complexity index is 909. The summed E-state index contributed by atoms with van der Waals surface area (Å²) < 4.78 is 0. The van der Waals surface area contributed by atoms with Gasteiger partial charge in [0.1, 0.15) is 0 Å². The lowest BCUT2D eigenvalue weighted by atomic mass is 9.84. The first-order valence-electron chi connectivity index (χ1n) is 11.6. The van der Waals surface area contributed by atoms with E-state index in [1.54, 1.807) is 11.6 Å². The summed E-state index contributed by atoms with van der Waals surface area (Å²) in [5.74, 6) is 0.696. The van der Waals surface area contributed by atoms with Gasteiger partial charge in [-0.05, 0) is 99.4 Å². The van der Waals surface area contributed by atoms with Crippen molar-refractivity contribution in [1.29, 1.82) is 0 Å². The molecule has 0 aromatic heterocycles. The molecular formula is C27H33ClN2O. The van der Waals surface area contributed by atoms with Crippen molar-refractivity contribution in [2.45, 2.75) is 63.5 Å². The average molecular weight is 437 g/mol. The number of nitrogens with one attached hydrogen (secondary N) is 1. The van der Waals surface area contributed by atoms with E-state index >= 15 is 0 Å². The van der Waals surface area contributed by atoms with Crippen molar-refractivity contribution >= 4 is 23.6 Å². The van der Waals surface area contributed by atoms with Crippen LogP contribution < -0.4 is 5.32 Å². The van der Waals surface area contributed by atoms with E-state index in [9.17, 15) is 4.79 Å². The van der Waals surface area contributed by atoms with Crippen LogP contribution in [0.15, 0.2) is 54.6 Å². The highest BCUT2D eigenvalue weighted by Crippen LogP contribution is 2.33. The van der Waals surface area contributed by atoms with Crippen molar-refractivity contribution < 1.29 is 4.79 Å². The summed E-state index contributed by atoms with van der Waals surface area (Å²) in [6.07, 6.45) is 10.5. The number of halogens is 1. The van der Waals surface area contributed by atoms with Gasteiger partial charge in [0.05, 0.1) is 0 Å². The van der Waals surface area contributed by atoms with Crippen LogP contribution in [0, 0.1) is 6.92 Å². The molecule has 2 aliphatic rings. The summed E-state index contributed by atoms with van der Waals surface area (Å²) in [5.41, 5.74) is 3.92. The molecule has 4 heteroatoms. The van der Waals surface area contributed by atoms with E-state index in [1.807, 2.05) is 30.3 Å². The van der Waals surface area contributed by atoms with Crippen molar-refractivity contribution in [3.63, 3.8) is 0 Å². The maximum Gasteiger partial charge on any atom is 0.244 e. The number of likely N-dealkylation sites (tertiary alicyclic amines) is 1. The average Bonchev–Trinajstić information content (AvgIpc) is 2.79. The van der Waals surface area contributed by atoms with Gasteiger partial charge in [-0.15, -0.1) is 0 Å². The van der Waals surface area contributed by atoms with Crippen LogP contribution in [-0.4, -0.2) is 36.0 Å². The molecule has 31 heavy (non-hydrogen) atoms. The van der Waals surface area contributed by atoms with Gasteiger partial charge in [0, 0.05) is 23.2 Å². The highest BCUT2D eigenvalue weighted by molar-refractivity contribution is 6.30. The molecule has 0 radical (unpaired) electrons. The van der Waals surface area contributed by atoms with Crippen LogP contribution in [0.25, 0.3) is 6.08 Å². The summed E-state index contributed by atoms with van der Waals surface area (Å²) in [4.78, 5) is 15.0. The summed E-state index contributed by atoms with van der Waals surface area (Å²) in [5, 5.41) is 3.87. The van der Waals surface area contributed by atoms with Gasteiger partial charge in [0.15, 0.2) is 0 Å². The van der Waals surface area contributed by atoms with Crippen LogP contribution in [0.5, 0.6) is 0 Å². The zero-order valence-corrected chi connectivity index (χ0v) is 19.2. The first kappa shape index (κ1) is 22.1. The molecule has 1 amide bonds. The number of amides is 1. The predicted octanol–water partition coefficient (Wildman–Crippen LogP) is 5.97. The molecule has 0 unspecified atom stereocenters. The van der Waals surface area contributed by atoms with Gasteiger partial charge in [-0.3, -0.25) is 4.79 Å². The van der Waals surface area contributed by atoms with Crippen LogP contribution in [0.4, 0.5) is 0 Å². The van der Waals surface area contributed by atoms with Gasteiger partial charge in [-0.25, -0.2) is 0 Å². The topological polar surface area (TPSA) is 32.3 Å². The Hall–Kier alpha value is -2.10. The summed E-state index contributed by atoms with van der Waals surface area (Å²) >= 11 is 6.00. The Kier molecular flexibility index (Phi) is 7.47. The van der Waals surface area contributed by atoms with Crippen LogP contribution in [-0.2, 0) is 4.79 Å². The van der Waals surface area contributed by atoms with Gasteiger partial charge < -0.3 is 10.2 Å². The quantitative estimate of drug-likeness (QED) is 0.585. The fraction of sp³-hybridized carbons (Fsp3) is 0.444. The molecule has 164 valence electrons. The van der Waals surface area contributed by atoms with E-state index in [0.717, 1.165) is 18.4 Å². The minimum absolute atomic E-state index is 0.0116. The molecule has 1 saturated carbocycles. The van der Waals surface area contributed by atoms with Crippen molar-refractivity contribution in [2.24, 2.45) is 0 Å². The lowest BCUT2D eigenvalue weighted by molar-refractivity contribution is -0.117. The Labute approximate surface area is 191 Å². The van der Waals surface area contributed by atoms with E-state index in [1.165, 1.54) is 44.3 Å². The van der Waals surface area contributed by atoms with Gasteiger partial charge in [-0.2, -0.15) is 0 Å². The molecule has 2 aromatic rings. The lowest BCUT2D eigenvalue weighted by Gasteiger charge is -2.41. The summed E-state index contributed by atoms with van der Waals surface area (Å²) in [6.45, 7) is 4.63. The van der Waals surface area contributed by atoms with E-state index in [0.29, 0.717) is 17.0 Å². The number of rotatable bonds is 5. The first-order chi connectivity index (χ1) is 15.1. The Morgan fingerprint density at radius 1 is 1.00 bits per heavy atom. The lowest BCUT2D eigenvalue weighted by Crippen LogP contribution is -2.46. The van der Waals surface area contributed by atoms with Crippen molar-refractivity contribution in [2.75, 3.05) is 13.1 Å². The SMILES string of the molecule is Cc1ccccc1C1CCN(C2CCC(NC(=O)/C=C/c3cccc(Cl)c3)CC2)CC1. The molecule has 1 saturated heterocycles. The fourth-order valence-electron chi connectivity index (χ4n) is 5.24. The summed E-state index contributed by atoms with van der Waals surface area (Å²) in [7, 11) is 0. The molecule has 1 heterocycles. The van der Waals surface area contributed by atoms with Gasteiger partial charge in [0.25, 0.3) is 0 Å². The Morgan fingerprint density at radius 2 is 1.74 bits per heavy atom. The normalized spacial score (nSPS) is 23.2. The monoisotopic (exact) mass is 436 g/mol. The minimum Gasteiger partial charge on any atom is -0.350 e. The Balaban J connectivity index is 1.20. The zero-order chi connectivity index (χ0) is 21.6. The third-order valence-corrected chi connectivity index (χ3v) is 7.23. The highest BCUT2D eigenvalue weighted by Gasteiger charge is 2.30.